The molecule has 0 fully saturated rings. The van der Waals surface area contributed by atoms with Gasteiger partial charge in [-0.3, -0.25) is 9.59 Å². The number of amides is 1. The number of hydrogen-bond donors (Lipinski definition) is 1. The molecule has 182 valence electrons. The van der Waals surface area contributed by atoms with Crippen LogP contribution in [0.2, 0.25) is 0 Å². The lowest BCUT2D eigenvalue weighted by Gasteiger charge is -2.23. The predicted octanol–water partition coefficient (Wildman–Crippen LogP) is 5.65. The fourth-order valence-electron chi connectivity index (χ4n) is 3.56. The molecule has 32 heavy (non-hydrogen) atoms. The van der Waals surface area contributed by atoms with E-state index in [-0.39, 0.29) is 18.0 Å². The van der Waals surface area contributed by atoms with E-state index >= 15 is 0 Å². The van der Waals surface area contributed by atoms with Crippen LogP contribution in [-0.4, -0.2) is 43.2 Å². The van der Waals surface area contributed by atoms with Gasteiger partial charge in [0.25, 0.3) is 5.91 Å². The highest BCUT2D eigenvalue weighted by atomic mass is 16.7. The molecule has 1 rings (SSSR count). The SMILES string of the molecule is CCCCCCCCCCCCNC(=O)c1ccc(CN(CC(C)OC)OC(C)=O)cc1. The molecule has 1 N–H and O–H groups in total. The first-order valence-corrected chi connectivity index (χ1v) is 12.3. The zero-order chi connectivity index (χ0) is 23.6. The van der Waals surface area contributed by atoms with Crippen LogP contribution in [0.4, 0.5) is 0 Å². The van der Waals surface area contributed by atoms with Gasteiger partial charge in [0.1, 0.15) is 0 Å². The third kappa shape index (κ3) is 13.5. The van der Waals surface area contributed by atoms with Crippen molar-refractivity contribution < 1.29 is 19.2 Å². The van der Waals surface area contributed by atoms with Crippen LogP contribution in [0.3, 0.4) is 0 Å². The molecule has 0 radical (unpaired) electrons. The van der Waals surface area contributed by atoms with Crippen LogP contribution >= 0.6 is 0 Å². The second-order valence-corrected chi connectivity index (χ2v) is 8.59. The Hall–Kier alpha value is -1.92. The van der Waals surface area contributed by atoms with Gasteiger partial charge in [-0.2, -0.15) is 0 Å². The molecule has 1 unspecified atom stereocenters. The van der Waals surface area contributed by atoms with E-state index < -0.39 is 0 Å². The van der Waals surface area contributed by atoms with Gasteiger partial charge in [0.2, 0.25) is 0 Å². The molecule has 0 aliphatic carbocycles. The van der Waals surface area contributed by atoms with Crippen molar-refractivity contribution in [1.82, 2.24) is 10.4 Å². The number of benzene rings is 1. The molecule has 0 aromatic heterocycles. The third-order valence-corrected chi connectivity index (χ3v) is 5.51. The molecular formula is C26H44N2O4. The minimum atomic E-state index is -0.365. The molecule has 0 saturated heterocycles. The summed E-state index contributed by atoms with van der Waals surface area (Å²) in [6, 6.07) is 7.41. The summed E-state index contributed by atoms with van der Waals surface area (Å²) < 4.78 is 5.26. The van der Waals surface area contributed by atoms with Crippen LogP contribution in [0.25, 0.3) is 0 Å². The highest BCUT2D eigenvalue weighted by Gasteiger charge is 2.14. The average Bonchev–Trinajstić information content (AvgIpc) is 2.77. The van der Waals surface area contributed by atoms with Gasteiger partial charge in [0.05, 0.1) is 19.2 Å². The number of unbranched alkanes of at least 4 members (excludes halogenated alkanes) is 9. The van der Waals surface area contributed by atoms with Crippen LogP contribution < -0.4 is 5.32 Å². The smallest absolute Gasteiger partial charge is 0.322 e. The van der Waals surface area contributed by atoms with Crippen molar-refractivity contribution in [3.05, 3.63) is 35.4 Å². The molecule has 0 saturated carbocycles. The minimum absolute atomic E-state index is 0.0441. The Labute approximate surface area is 195 Å². The number of carbonyl (C=O) groups excluding carboxylic acids is 2. The summed E-state index contributed by atoms with van der Waals surface area (Å²) in [4.78, 5) is 29.0. The van der Waals surface area contributed by atoms with Gasteiger partial charge in [-0.25, -0.2) is 0 Å². The Balaban J connectivity index is 2.27. The Morgan fingerprint density at radius 3 is 2.03 bits per heavy atom. The van der Waals surface area contributed by atoms with Crippen LogP contribution in [0.1, 0.15) is 101 Å². The second kappa shape index (κ2) is 17.6. The van der Waals surface area contributed by atoms with Gasteiger partial charge >= 0.3 is 5.97 Å². The normalized spacial score (nSPS) is 12.0. The number of nitrogens with one attached hydrogen (secondary N) is 1. The number of hydrogen-bond acceptors (Lipinski definition) is 5. The highest BCUT2D eigenvalue weighted by molar-refractivity contribution is 5.94. The van der Waals surface area contributed by atoms with Gasteiger partial charge in [0.15, 0.2) is 0 Å². The van der Waals surface area contributed by atoms with Crippen LogP contribution in [0.5, 0.6) is 0 Å². The summed E-state index contributed by atoms with van der Waals surface area (Å²) in [5, 5.41) is 4.59. The summed E-state index contributed by atoms with van der Waals surface area (Å²) in [6.45, 7) is 7.17. The Morgan fingerprint density at radius 1 is 0.938 bits per heavy atom. The van der Waals surface area contributed by atoms with Gasteiger partial charge in [0, 0.05) is 26.1 Å². The lowest BCUT2D eigenvalue weighted by atomic mass is 10.1. The molecule has 1 aromatic carbocycles. The number of hydroxylamine groups is 2. The van der Waals surface area contributed by atoms with E-state index in [2.05, 4.69) is 12.2 Å². The van der Waals surface area contributed by atoms with Crippen molar-refractivity contribution in [2.24, 2.45) is 0 Å². The zero-order valence-electron chi connectivity index (χ0n) is 20.7. The van der Waals surface area contributed by atoms with Crippen molar-refractivity contribution in [2.75, 3.05) is 20.2 Å². The molecule has 6 heteroatoms. The number of ether oxygens (including phenoxy) is 1. The van der Waals surface area contributed by atoms with Crippen molar-refractivity contribution in [3.8, 4) is 0 Å². The van der Waals surface area contributed by atoms with Crippen molar-refractivity contribution >= 4 is 11.9 Å². The predicted molar refractivity (Wildman–Crippen MR) is 129 cm³/mol. The second-order valence-electron chi connectivity index (χ2n) is 8.59. The van der Waals surface area contributed by atoms with Crippen molar-refractivity contribution in [2.45, 2.75) is 97.6 Å². The maximum absolute atomic E-state index is 12.4. The first-order chi connectivity index (χ1) is 15.5. The first-order valence-electron chi connectivity index (χ1n) is 12.3. The molecule has 0 heterocycles. The lowest BCUT2D eigenvalue weighted by molar-refractivity contribution is -0.196. The van der Waals surface area contributed by atoms with Gasteiger partial charge in [-0.1, -0.05) is 76.8 Å². The number of rotatable bonds is 18. The van der Waals surface area contributed by atoms with Crippen molar-refractivity contribution in [1.29, 1.82) is 0 Å². The monoisotopic (exact) mass is 448 g/mol. The third-order valence-electron chi connectivity index (χ3n) is 5.51. The van der Waals surface area contributed by atoms with Crippen LogP contribution in [0, 0.1) is 0 Å². The summed E-state index contributed by atoms with van der Waals surface area (Å²) >= 11 is 0. The summed E-state index contributed by atoms with van der Waals surface area (Å²) in [6.07, 6.45) is 12.8. The maximum Gasteiger partial charge on any atom is 0.322 e. The maximum atomic E-state index is 12.4. The fourth-order valence-corrected chi connectivity index (χ4v) is 3.56. The van der Waals surface area contributed by atoms with E-state index in [0.29, 0.717) is 25.2 Å². The first kappa shape index (κ1) is 28.1. The summed E-state index contributed by atoms with van der Waals surface area (Å²) in [5.74, 6) is -0.409. The zero-order valence-corrected chi connectivity index (χ0v) is 20.7. The Morgan fingerprint density at radius 2 is 1.50 bits per heavy atom. The summed E-state index contributed by atoms with van der Waals surface area (Å²) in [7, 11) is 1.62. The molecular weight excluding hydrogens is 404 g/mol. The molecule has 1 aromatic rings. The number of nitrogens with zero attached hydrogens (tertiary/aromatic N) is 1. The standard InChI is InChI=1S/C26H44N2O4/c1-5-6-7-8-9-10-11-12-13-14-19-27-26(30)25-17-15-24(16-18-25)21-28(32-23(3)29)20-22(2)31-4/h15-18,22H,5-14,19-21H2,1-4H3,(H,27,30). The van der Waals surface area contributed by atoms with Gasteiger partial charge < -0.3 is 14.9 Å². The molecule has 1 amide bonds. The summed E-state index contributed by atoms with van der Waals surface area (Å²) in [5.41, 5.74) is 1.60. The highest BCUT2D eigenvalue weighted by Crippen LogP contribution is 2.11. The topological polar surface area (TPSA) is 67.9 Å². The molecule has 6 nitrogen and oxygen atoms in total. The van der Waals surface area contributed by atoms with Crippen molar-refractivity contribution in [3.63, 3.8) is 0 Å². The molecule has 0 bridgehead atoms. The average molecular weight is 449 g/mol. The number of carbonyl (C=O) groups is 2. The molecule has 0 spiro atoms. The van der Waals surface area contributed by atoms with Crippen LogP contribution in [-0.2, 0) is 20.9 Å². The Bertz CT molecular complexity index is 633. The van der Waals surface area contributed by atoms with E-state index in [1.54, 1.807) is 12.2 Å². The van der Waals surface area contributed by atoms with E-state index in [4.69, 9.17) is 9.57 Å². The van der Waals surface area contributed by atoms with Gasteiger partial charge in [-0.15, -0.1) is 5.06 Å². The van der Waals surface area contributed by atoms with Gasteiger partial charge in [-0.05, 0) is 31.0 Å². The molecule has 0 aliphatic rings. The minimum Gasteiger partial charge on any atom is -0.380 e. The quantitative estimate of drug-likeness (QED) is 0.232. The Kier molecular flexibility index (Phi) is 15.5. The van der Waals surface area contributed by atoms with E-state index in [1.807, 2.05) is 31.2 Å². The van der Waals surface area contributed by atoms with E-state index in [1.165, 1.54) is 64.7 Å². The van der Waals surface area contributed by atoms with E-state index in [0.717, 1.165) is 12.0 Å². The number of methoxy groups -OCH3 is 1. The molecule has 1 atom stereocenters. The lowest BCUT2D eigenvalue weighted by Crippen LogP contribution is -2.33. The fraction of sp³-hybridized carbons (Fsp3) is 0.692. The van der Waals surface area contributed by atoms with E-state index in [9.17, 15) is 9.59 Å². The van der Waals surface area contributed by atoms with Crippen LogP contribution in [0.15, 0.2) is 24.3 Å². The molecule has 0 aliphatic heterocycles. The largest absolute Gasteiger partial charge is 0.380 e.